The third-order valence-corrected chi connectivity index (χ3v) is 10.8. The highest BCUT2D eigenvalue weighted by molar-refractivity contribution is 7.47. The molecule has 0 aromatic heterocycles. The Balaban J connectivity index is 4.12. The van der Waals surface area contributed by atoms with Gasteiger partial charge in [0.1, 0.15) is 12.2 Å². The molecule has 0 rings (SSSR count). The summed E-state index contributed by atoms with van der Waals surface area (Å²) in [5.74, 6) is -0.424. The summed E-state index contributed by atoms with van der Waals surface area (Å²) in [6.45, 7) is 3.33. The summed E-state index contributed by atoms with van der Waals surface area (Å²) < 4.78 is 33.4. The molecule has 348 valence electrons. The van der Waals surface area contributed by atoms with Gasteiger partial charge in [-0.05, 0) is 83.5 Å². The molecule has 0 heterocycles. The highest BCUT2D eigenvalue weighted by Gasteiger charge is 2.26. The van der Waals surface area contributed by atoms with E-state index in [1.807, 2.05) is 0 Å². The van der Waals surface area contributed by atoms with Crippen LogP contribution >= 0.6 is 7.82 Å². The molecule has 0 radical (unpaired) electrons. The molecule has 0 saturated heterocycles. The molecule has 0 aromatic carbocycles. The topological polar surface area (TPSA) is 132 Å². The Hall–Kier alpha value is -2.10. The van der Waals surface area contributed by atoms with Crippen LogP contribution in [0.4, 0.5) is 0 Å². The molecule has 0 amide bonds. The van der Waals surface area contributed by atoms with Gasteiger partial charge >= 0.3 is 13.8 Å². The van der Waals surface area contributed by atoms with Gasteiger partial charge in [0.25, 0.3) is 0 Å². The summed E-state index contributed by atoms with van der Waals surface area (Å²) in [7, 11) is -4.54. The largest absolute Gasteiger partial charge is 0.472 e. The first-order chi connectivity index (χ1) is 29.3. The van der Waals surface area contributed by atoms with Gasteiger partial charge < -0.3 is 24.6 Å². The van der Waals surface area contributed by atoms with Crippen LogP contribution in [-0.2, 0) is 27.9 Å². The van der Waals surface area contributed by atoms with E-state index >= 15 is 0 Å². The summed E-state index contributed by atoms with van der Waals surface area (Å²) >= 11 is 0. The van der Waals surface area contributed by atoms with Crippen LogP contribution in [0.1, 0.15) is 194 Å². The lowest BCUT2D eigenvalue weighted by atomic mass is 10.0. The maximum absolute atomic E-state index is 12.6. The van der Waals surface area contributed by atoms with Gasteiger partial charge in [0.05, 0.1) is 26.4 Å². The third-order valence-electron chi connectivity index (χ3n) is 9.88. The fourth-order valence-corrected chi connectivity index (χ4v) is 7.05. The Morgan fingerprint density at radius 3 is 1.43 bits per heavy atom. The number of carbonyl (C=O) groups excluding carboxylic acids is 1. The zero-order valence-electron chi connectivity index (χ0n) is 38.2. The Bertz CT molecular complexity index is 1160. The number of ether oxygens (including phenoxy) is 2. The molecule has 0 fully saturated rings. The van der Waals surface area contributed by atoms with Gasteiger partial charge in [-0.2, -0.15) is 0 Å². The SMILES string of the molecule is CC/C=C\C/C=C\C/C=C\C/C=C\CCCCC(=O)OC(COCCCCCCCCCCCCCC/C=C\C/C=C\CCCCCCC)COP(=O)(O)OCC(O)CO. The van der Waals surface area contributed by atoms with E-state index in [4.69, 9.17) is 23.6 Å². The van der Waals surface area contributed by atoms with Crippen LogP contribution in [0.5, 0.6) is 0 Å². The molecule has 0 saturated carbocycles. The normalized spacial score (nSPS) is 14.6. The quantitative estimate of drug-likeness (QED) is 0.0237. The molecule has 60 heavy (non-hydrogen) atoms. The van der Waals surface area contributed by atoms with Gasteiger partial charge in [-0.3, -0.25) is 13.8 Å². The lowest BCUT2D eigenvalue weighted by Crippen LogP contribution is -2.29. The number of phosphoric ester groups is 1. The first-order valence-electron chi connectivity index (χ1n) is 23.9. The minimum Gasteiger partial charge on any atom is -0.457 e. The lowest BCUT2D eigenvalue weighted by molar-refractivity contribution is -0.154. The number of allylic oxidation sites excluding steroid dienone is 12. The van der Waals surface area contributed by atoms with E-state index in [1.165, 1.54) is 103 Å². The number of phosphoric acid groups is 1. The van der Waals surface area contributed by atoms with Gasteiger partial charge in [0, 0.05) is 13.0 Å². The van der Waals surface area contributed by atoms with Crippen LogP contribution in [-0.4, -0.2) is 66.3 Å². The molecule has 3 N–H and O–H groups in total. The predicted molar refractivity (Wildman–Crippen MR) is 251 cm³/mol. The van der Waals surface area contributed by atoms with Crippen LogP contribution < -0.4 is 0 Å². The van der Waals surface area contributed by atoms with Gasteiger partial charge in [-0.1, -0.05) is 177 Å². The number of hydrogen-bond acceptors (Lipinski definition) is 8. The van der Waals surface area contributed by atoms with Crippen molar-refractivity contribution in [3.8, 4) is 0 Å². The number of aliphatic hydroxyl groups is 2. The van der Waals surface area contributed by atoms with E-state index < -0.39 is 45.8 Å². The molecule has 0 spiro atoms. The highest BCUT2D eigenvalue weighted by atomic mass is 31.2. The van der Waals surface area contributed by atoms with Crippen molar-refractivity contribution in [3.63, 3.8) is 0 Å². The Morgan fingerprint density at radius 2 is 0.950 bits per heavy atom. The van der Waals surface area contributed by atoms with Crippen molar-refractivity contribution in [1.82, 2.24) is 0 Å². The van der Waals surface area contributed by atoms with E-state index in [-0.39, 0.29) is 13.0 Å². The van der Waals surface area contributed by atoms with Gasteiger partial charge in [-0.25, -0.2) is 4.57 Å². The standard InChI is InChI=1S/C50H89O9P/c1-3-5-7-9-11-13-15-17-19-20-21-22-23-24-25-26-27-29-31-33-35-37-39-41-43-56-46-49(47-58-60(54,55)57-45-48(52)44-51)59-50(53)42-40-38-36-34-32-30-28-18-16-14-12-10-8-6-4-2/h6,8,12,14-15,17-18,20-21,28,32,34,48-49,51-52H,3-5,7,9-11,13,16,19,22-27,29-31,33,35-47H2,1-2H3,(H,54,55)/b8-6-,14-12-,17-15-,21-20-,28-18-,34-32-. The minimum atomic E-state index is -4.54. The van der Waals surface area contributed by atoms with Crippen molar-refractivity contribution in [3.05, 3.63) is 72.9 Å². The summed E-state index contributed by atoms with van der Waals surface area (Å²) in [4.78, 5) is 22.6. The number of unbranched alkanes of at least 4 members (excludes halogenated alkanes) is 19. The van der Waals surface area contributed by atoms with E-state index in [0.717, 1.165) is 64.2 Å². The smallest absolute Gasteiger partial charge is 0.457 e. The third kappa shape index (κ3) is 45.4. The monoisotopic (exact) mass is 865 g/mol. The van der Waals surface area contributed by atoms with E-state index in [0.29, 0.717) is 13.0 Å². The highest BCUT2D eigenvalue weighted by Crippen LogP contribution is 2.43. The van der Waals surface area contributed by atoms with Crippen LogP contribution in [0.15, 0.2) is 72.9 Å². The Morgan fingerprint density at radius 1 is 0.533 bits per heavy atom. The average Bonchev–Trinajstić information content (AvgIpc) is 3.24. The summed E-state index contributed by atoms with van der Waals surface area (Å²) in [6, 6.07) is 0. The Kier molecular flexibility index (Phi) is 44.8. The molecule has 0 aromatic rings. The molecule has 0 aliphatic heterocycles. The van der Waals surface area contributed by atoms with E-state index in [9.17, 15) is 19.4 Å². The van der Waals surface area contributed by atoms with Crippen molar-refractivity contribution in [2.45, 2.75) is 206 Å². The molecular weight excluding hydrogens is 776 g/mol. The van der Waals surface area contributed by atoms with Gasteiger partial charge in [-0.15, -0.1) is 0 Å². The molecule has 0 bridgehead atoms. The Labute approximate surface area is 367 Å². The number of hydrogen-bond donors (Lipinski definition) is 3. The lowest BCUT2D eigenvalue weighted by Gasteiger charge is -2.20. The predicted octanol–water partition coefficient (Wildman–Crippen LogP) is 13.7. The fourth-order valence-electron chi connectivity index (χ4n) is 6.26. The van der Waals surface area contributed by atoms with Crippen LogP contribution in [0.2, 0.25) is 0 Å². The molecule has 10 heteroatoms. The van der Waals surface area contributed by atoms with Crippen LogP contribution in [0.3, 0.4) is 0 Å². The molecule has 9 nitrogen and oxygen atoms in total. The first-order valence-corrected chi connectivity index (χ1v) is 25.4. The van der Waals surface area contributed by atoms with Crippen molar-refractivity contribution in [2.75, 3.05) is 33.0 Å². The summed E-state index contributed by atoms with van der Waals surface area (Å²) in [5, 5.41) is 18.4. The number of esters is 1. The van der Waals surface area contributed by atoms with E-state index in [2.05, 4.69) is 86.8 Å². The average molecular weight is 865 g/mol. The number of carbonyl (C=O) groups is 1. The zero-order valence-corrected chi connectivity index (χ0v) is 39.1. The summed E-state index contributed by atoms with van der Waals surface area (Å²) in [6.07, 6.45) is 55.9. The van der Waals surface area contributed by atoms with Crippen molar-refractivity contribution < 1.29 is 43.0 Å². The zero-order chi connectivity index (χ0) is 43.9. The molecule has 3 unspecified atom stereocenters. The second-order valence-corrected chi connectivity index (χ2v) is 17.2. The minimum absolute atomic E-state index is 0.0284. The number of aliphatic hydroxyl groups excluding tert-OH is 2. The molecular formula is C50H89O9P. The van der Waals surface area contributed by atoms with Gasteiger partial charge in [0.2, 0.25) is 0 Å². The molecule has 0 aliphatic carbocycles. The maximum atomic E-state index is 12.6. The number of rotatable bonds is 45. The van der Waals surface area contributed by atoms with E-state index in [1.54, 1.807) is 0 Å². The fraction of sp³-hybridized carbons (Fsp3) is 0.740. The second kappa shape index (κ2) is 46.4. The summed E-state index contributed by atoms with van der Waals surface area (Å²) in [5.41, 5.74) is 0. The van der Waals surface area contributed by atoms with Crippen molar-refractivity contribution in [2.24, 2.45) is 0 Å². The van der Waals surface area contributed by atoms with Crippen LogP contribution in [0, 0.1) is 0 Å². The molecule has 3 atom stereocenters. The van der Waals surface area contributed by atoms with Gasteiger partial charge in [0.15, 0.2) is 0 Å². The van der Waals surface area contributed by atoms with Crippen molar-refractivity contribution >= 4 is 13.8 Å². The van der Waals surface area contributed by atoms with Crippen molar-refractivity contribution in [1.29, 1.82) is 0 Å². The second-order valence-electron chi connectivity index (χ2n) is 15.7. The van der Waals surface area contributed by atoms with Crippen LogP contribution in [0.25, 0.3) is 0 Å². The first kappa shape index (κ1) is 57.9. The molecule has 0 aliphatic rings. The maximum Gasteiger partial charge on any atom is 0.472 e.